The van der Waals surface area contributed by atoms with E-state index in [0.717, 1.165) is 17.0 Å². The molecule has 0 aliphatic carbocycles. The van der Waals surface area contributed by atoms with Gasteiger partial charge in [0.2, 0.25) is 10.0 Å². The summed E-state index contributed by atoms with van der Waals surface area (Å²) in [5.74, 6) is 0. The maximum Gasteiger partial charge on any atom is 0.238 e. The van der Waals surface area contributed by atoms with E-state index >= 15 is 0 Å². The van der Waals surface area contributed by atoms with Crippen LogP contribution in [0.5, 0.6) is 0 Å². The molecule has 0 aliphatic rings. The standard InChI is InChI=1S/C13H19N5O2S/c1-8-13(9(2)18(3)17-8)7-16-11-4-10(14)5-12(6-11)21(15,19)20/h4-6,16H,7,14H2,1-3H3,(H2,15,19,20). The maximum absolute atomic E-state index is 11.4. The Morgan fingerprint density at radius 2 is 1.95 bits per heavy atom. The van der Waals surface area contributed by atoms with Crippen LogP contribution >= 0.6 is 0 Å². The highest BCUT2D eigenvalue weighted by Crippen LogP contribution is 2.21. The quantitative estimate of drug-likeness (QED) is 0.725. The number of aryl methyl sites for hydroxylation is 2. The molecule has 2 rings (SSSR count). The van der Waals surface area contributed by atoms with E-state index in [4.69, 9.17) is 10.9 Å². The normalized spacial score (nSPS) is 11.6. The van der Waals surface area contributed by atoms with Crippen molar-refractivity contribution in [3.05, 3.63) is 35.2 Å². The predicted molar refractivity (Wildman–Crippen MR) is 82.2 cm³/mol. The average molecular weight is 309 g/mol. The number of sulfonamides is 1. The Kier molecular flexibility index (Phi) is 3.93. The summed E-state index contributed by atoms with van der Waals surface area (Å²) in [4.78, 5) is -0.00960. The summed E-state index contributed by atoms with van der Waals surface area (Å²) in [7, 11) is -1.90. The van der Waals surface area contributed by atoms with Crippen LogP contribution in [0.4, 0.5) is 11.4 Å². The van der Waals surface area contributed by atoms with Gasteiger partial charge in [0.05, 0.1) is 10.6 Å². The summed E-state index contributed by atoms with van der Waals surface area (Å²) < 4.78 is 24.6. The minimum absolute atomic E-state index is 0.00960. The second-order valence-electron chi connectivity index (χ2n) is 4.96. The number of rotatable bonds is 4. The highest BCUT2D eigenvalue weighted by molar-refractivity contribution is 7.89. The smallest absolute Gasteiger partial charge is 0.238 e. The molecule has 1 aromatic heterocycles. The van der Waals surface area contributed by atoms with Gasteiger partial charge in [0.1, 0.15) is 0 Å². The molecule has 0 spiro atoms. The molecule has 0 unspecified atom stereocenters. The highest BCUT2D eigenvalue weighted by atomic mass is 32.2. The number of hydrogen-bond donors (Lipinski definition) is 3. The summed E-state index contributed by atoms with van der Waals surface area (Å²) in [6.07, 6.45) is 0. The van der Waals surface area contributed by atoms with Crippen LogP contribution in [0.1, 0.15) is 17.0 Å². The van der Waals surface area contributed by atoms with E-state index in [1.54, 1.807) is 6.07 Å². The van der Waals surface area contributed by atoms with Crippen LogP contribution in [-0.4, -0.2) is 18.2 Å². The summed E-state index contributed by atoms with van der Waals surface area (Å²) >= 11 is 0. The average Bonchev–Trinajstić information content (AvgIpc) is 2.59. The number of nitrogens with one attached hydrogen (secondary N) is 1. The molecule has 0 fully saturated rings. The zero-order valence-corrected chi connectivity index (χ0v) is 13.0. The van der Waals surface area contributed by atoms with Crippen LogP contribution in [-0.2, 0) is 23.6 Å². The monoisotopic (exact) mass is 309 g/mol. The SMILES string of the molecule is Cc1nn(C)c(C)c1CNc1cc(N)cc(S(N)(=O)=O)c1. The lowest BCUT2D eigenvalue weighted by atomic mass is 10.2. The van der Waals surface area contributed by atoms with Crippen LogP contribution in [0.15, 0.2) is 23.1 Å². The molecule has 7 nitrogen and oxygen atoms in total. The Hall–Kier alpha value is -2.06. The fourth-order valence-corrected chi connectivity index (χ4v) is 2.74. The first-order chi connectivity index (χ1) is 9.68. The number of aromatic nitrogens is 2. The van der Waals surface area contributed by atoms with Crippen molar-refractivity contribution in [2.45, 2.75) is 25.3 Å². The van der Waals surface area contributed by atoms with Gasteiger partial charge in [0, 0.05) is 36.2 Å². The van der Waals surface area contributed by atoms with E-state index in [1.807, 2.05) is 25.6 Å². The number of anilines is 2. The van der Waals surface area contributed by atoms with Gasteiger partial charge in [0.15, 0.2) is 0 Å². The van der Waals surface area contributed by atoms with Crippen molar-refractivity contribution >= 4 is 21.4 Å². The predicted octanol–water partition coefficient (Wildman–Crippen LogP) is 0.879. The van der Waals surface area contributed by atoms with Gasteiger partial charge in [-0.05, 0) is 32.0 Å². The molecule has 1 aromatic carbocycles. The molecule has 21 heavy (non-hydrogen) atoms. The topological polar surface area (TPSA) is 116 Å². The van der Waals surface area contributed by atoms with E-state index in [2.05, 4.69) is 10.4 Å². The summed E-state index contributed by atoms with van der Waals surface area (Å²) in [6.45, 7) is 4.43. The Morgan fingerprint density at radius 3 is 2.48 bits per heavy atom. The van der Waals surface area contributed by atoms with Crippen molar-refractivity contribution in [2.75, 3.05) is 11.1 Å². The molecule has 1 heterocycles. The zero-order chi connectivity index (χ0) is 15.8. The minimum Gasteiger partial charge on any atom is -0.399 e. The molecule has 0 aliphatic heterocycles. The van der Waals surface area contributed by atoms with E-state index in [1.165, 1.54) is 12.1 Å². The van der Waals surface area contributed by atoms with Gasteiger partial charge in [-0.1, -0.05) is 0 Å². The lowest BCUT2D eigenvalue weighted by Gasteiger charge is -2.10. The van der Waals surface area contributed by atoms with Gasteiger partial charge in [-0.25, -0.2) is 13.6 Å². The molecular weight excluding hydrogens is 290 g/mol. The van der Waals surface area contributed by atoms with Crippen LogP contribution in [0.25, 0.3) is 0 Å². The van der Waals surface area contributed by atoms with Crippen molar-refractivity contribution in [3.63, 3.8) is 0 Å². The van der Waals surface area contributed by atoms with Crippen molar-refractivity contribution in [1.29, 1.82) is 0 Å². The number of primary sulfonamides is 1. The molecule has 5 N–H and O–H groups in total. The van der Waals surface area contributed by atoms with E-state index < -0.39 is 10.0 Å². The Bertz CT molecular complexity index is 780. The van der Waals surface area contributed by atoms with E-state index in [9.17, 15) is 8.42 Å². The van der Waals surface area contributed by atoms with E-state index in [-0.39, 0.29) is 4.90 Å². The fourth-order valence-electron chi connectivity index (χ4n) is 2.15. The van der Waals surface area contributed by atoms with Gasteiger partial charge >= 0.3 is 0 Å². The molecule has 0 radical (unpaired) electrons. The summed E-state index contributed by atoms with van der Waals surface area (Å²) in [5.41, 5.74) is 9.69. The van der Waals surface area contributed by atoms with Crippen LogP contribution in [0.3, 0.4) is 0 Å². The number of nitrogens with two attached hydrogens (primary N) is 2. The minimum atomic E-state index is -3.78. The Morgan fingerprint density at radius 1 is 1.29 bits per heavy atom. The molecule has 0 amide bonds. The van der Waals surface area contributed by atoms with Gasteiger partial charge < -0.3 is 11.1 Å². The van der Waals surface area contributed by atoms with Crippen molar-refractivity contribution < 1.29 is 8.42 Å². The third-order valence-corrected chi connectivity index (χ3v) is 4.28. The molecule has 0 saturated heterocycles. The van der Waals surface area contributed by atoms with Gasteiger partial charge in [-0.3, -0.25) is 4.68 Å². The zero-order valence-electron chi connectivity index (χ0n) is 12.2. The van der Waals surface area contributed by atoms with Crippen LogP contribution in [0, 0.1) is 13.8 Å². The Balaban J connectivity index is 2.26. The molecule has 8 heteroatoms. The first kappa shape index (κ1) is 15.3. The largest absolute Gasteiger partial charge is 0.399 e. The van der Waals surface area contributed by atoms with E-state index in [0.29, 0.717) is 17.9 Å². The number of hydrogen-bond acceptors (Lipinski definition) is 5. The molecule has 114 valence electrons. The highest BCUT2D eigenvalue weighted by Gasteiger charge is 2.12. The van der Waals surface area contributed by atoms with Gasteiger partial charge in [-0.15, -0.1) is 0 Å². The molecule has 2 aromatic rings. The molecule has 0 atom stereocenters. The number of benzene rings is 1. The summed E-state index contributed by atoms with van der Waals surface area (Å²) in [5, 5.41) is 12.6. The Labute approximate surface area is 124 Å². The number of nitrogens with zero attached hydrogens (tertiary/aromatic N) is 2. The molecule has 0 saturated carbocycles. The fraction of sp³-hybridized carbons (Fsp3) is 0.308. The first-order valence-corrected chi connectivity index (χ1v) is 7.89. The second-order valence-corrected chi connectivity index (χ2v) is 6.52. The van der Waals surface area contributed by atoms with Crippen molar-refractivity contribution in [1.82, 2.24) is 9.78 Å². The lowest BCUT2D eigenvalue weighted by molar-refractivity contribution is 0.598. The van der Waals surface area contributed by atoms with Crippen LogP contribution < -0.4 is 16.2 Å². The third-order valence-electron chi connectivity index (χ3n) is 3.39. The van der Waals surface area contributed by atoms with Gasteiger partial charge in [0.25, 0.3) is 0 Å². The molecule has 0 bridgehead atoms. The number of nitrogen functional groups attached to an aromatic ring is 1. The third kappa shape index (κ3) is 3.34. The van der Waals surface area contributed by atoms with Crippen molar-refractivity contribution in [3.8, 4) is 0 Å². The molecular formula is C13H19N5O2S. The summed E-state index contributed by atoms with van der Waals surface area (Å²) in [6, 6.07) is 4.46. The maximum atomic E-state index is 11.4. The lowest BCUT2D eigenvalue weighted by Crippen LogP contribution is -2.13. The second kappa shape index (κ2) is 5.38. The van der Waals surface area contributed by atoms with Crippen LogP contribution in [0.2, 0.25) is 0 Å². The first-order valence-electron chi connectivity index (χ1n) is 6.35. The van der Waals surface area contributed by atoms with Crippen molar-refractivity contribution in [2.24, 2.45) is 12.2 Å². The van der Waals surface area contributed by atoms with Gasteiger partial charge in [-0.2, -0.15) is 5.10 Å².